The first kappa shape index (κ1) is 101. The molecule has 0 fully saturated rings. The first-order chi connectivity index (χ1) is 37.7. The summed E-state index contributed by atoms with van der Waals surface area (Å²) in [5.41, 5.74) is 0. The maximum absolute atomic E-state index is 10.3. The van der Waals surface area contributed by atoms with Crippen molar-refractivity contribution in [2.75, 3.05) is 0 Å². The predicted octanol–water partition coefficient (Wildman–Crippen LogP) is 7.24. The molecule has 0 spiro atoms. The van der Waals surface area contributed by atoms with Crippen molar-refractivity contribution in [1.82, 2.24) is 0 Å². The van der Waals surface area contributed by atoms with E-state index < -0.39 is 47.8 Å². The summed E-state index contributed by atoms with van der Waals surface area (Å²) in [7, 11) is 0. The molecular weight excluding hydrogens is 1130 g/mol. The van der Waals surface area contributed by atoms with Gasteiger partial charge in [0.1, 0.15) is 0 Å². The second kappa shape index (κ2) is 77.6. The van der Waals surface area contributed by atoms with E-state index in [1.807, 2.05) is 55.4 Å². The zero-order chi connectivity index (χ0) is 63.9. The smallest absolute Gasteiger partial charge is 0.550 e. The molecule has 18 heteroatoms. The van der Waals surface area contributed by atoms with Gasteiger partial charge in [0.05, 0.1) is 0 Å². The van der Waals surface area contributed by atoms with Crippen LogP contribution >= 0.6 is 0 Å². The Hall–Kier alpha value is -3.43. The summed E-state index contributed by atoms with van der Waals surface area (Å²) in [6, 6.07) is 0. The number of rotatable bonds is 40. The van der Waals surface area contributed by atoms with Crippen LogP contribution in [0.3, 0.4) is 0 Å². The fraction of sp³-hybridized carbons (Fsp3) is 0.875. The van der Waals surface area contributed by atoms with E-state index in [1.54, 1.807) is 0 Å². The molecule has 0 saturated carbocycles. The number of hydrogen-bond acceptors (Lipinski definition) is 16. The van der Waals surface area contributed by atoms with Gasteiger partial charge in [-0.3, -0.25) is 0 Å². The molecule has 8 atom stereocenters. The Bertz CT molecular complexity index is 1120. The number of carboxylic acids is 8. The standard InChI is InChI=1S/8C8H16O2.B.Nb/c8*1-3-5-6-7(4-2)8(9)10;;/h8*7H,3-6H2,1-2H3,(H,9,10);;/q;;;;;;;;+3;+5/p-8. The van der Waals surface area contributed by atoms with Crippen LogP contribution in [0.2, 0.25) is 0 Å². The molecule has 0 aliphatic rings. The Labute approximate surface area is 518 Å². The van der Waals surface area contributed by atoms with Crippen molar-refractivity contribution in [3.8, 4) is 0 Å². The van der Waals surface area contributed by atoms with E-state index in [4.69, 9.17) is 0 Å². The van der Waals surface area contributed by atoms with Crippen molar-refractivity contribution in [3.63, 3.8) is 0 Å². The van der Waals surface area contributed by atoms with Gasteiger partial charge in [-0.05, 0) is 150 Å². The topological polar surface area (TPSA) is 321 Å². The van der Waals surface area contributed by atoms with E-state index >= 15 is 0 Å². The molecule has 0 heterocycles. The molecule has 0 N–H and O–H groups in total. The van der Waals surface area contributed by atoms with E-state index in [2.05, 4.69) is 55.4 Å². The zero-order valence-corrected chi connectivity index (χ0v) is 57.0. The summed E-state index contributed by atoms with van der Waals surface area (Å²) < 4.78 is 0. The number of carbonyl (C=O) groups excluding carboxylic acids is 8. The third-order valence-electron chi connectivity index (χ3n) is 13.9. The maximum atomic E-state index is 10.3. The van der Waals surface area contributed by atoms with Crippen molar-refractivity contribution >= 4 is 56.2 Å². The first-order valence-electron chi connectivity index (χ1n) is 31.4. The zero-order valence-electron chi connectivity index (χ0n) is 54.8. The molecule has 8 unspecified atom stereocenters. The molecule has 0 aromatic heterocycles. The second-order valence-electron chi connectivity index (χ2n) is 20.5. The molecule has 0 aromatic carbocycles. The summed E-state index contributed by atoms with van der Waals surface area (Å²) >= 11 is 0. The summed E-state index contributed by atoms with van der Waals surface area (Å²) in [4.78, 5) is 82.6. The van der Waals surface area contributed by atoms with E-state index in [0.717, 1.165) is 154 Å². The molecule has 480 valence electrons. The van der Waals surface area contributed by atoms with Crippen LogP contribution in [-0.2, 0) is 60.7 Å². The van der Waals surface area contributed by atoms with Crippen molar-refractivity contribution < 1.29 is 102 Å². The van der Waals surface area contributed by atoms with Gasteiger partial charge in [-0.15, -0.1) is 0 Å². The second-order valence-corrected chi connectivity index (χ2v) is 20.5. The van der Waals surface area contributed by atoms with Gasteiger partial charge in [-0.2, -0.15) is 0 Å². The van der Waals surface area contributed by atoms with Gasteiger partial charge >= 0.3 is 30.8 Å². The van der Waals surface area contributed by atoms with E-state index in [0.29, 0.717) is 51.4 Å². The third kappa shape index (κ3) is 74.6. The van der Waals surface area contributed by atoms with E-state index in [1.165, 1.54) is 0 Å². The van der Waals surface area contributed by atoms with Crippen LogP contribution in [0.25, 0.3) is 0 Å². The minimum atomic E-state index is -0.893. The number of aliphatic carboxylic acids is 8. The Morgan fingerprint density at radius 1 is 0.207 bits per heavy atom. The fourth-order valence-electron chi connectivity index (χ4n) is 7.51. The molecule has 0 amide bonds. The molecule has 0 saturated heterocycles. The first-order valence-corrected chi connectivity index (χ1v) is 31.4. The van der Waals surface area contributed by atoms with Gasteiger partial charge in [0.2, 0.25) is 0 Å². The Kier molecular flexibility index (Phi) is 95.1. The minimum Gasteiger partial charge on any atom is -0.550 e. The van der Waals surface area contributed by atoms with Gasteiger partial charge in [0, 0.05) is 47.8 Å². The van der Waals surface area contributed by atoms with Gasteiger partial charge < -0.3 is 79.2 Å². The quantitative estimate of drug-likeness (QED) is 0.0546. The van der Waals surface area contributed by atoms with Crippen molar-refractivity contribution in [2.24, 2.45) is 47.3 Å². The molecule has 0 aromatic rings. The van der Waals surface area contributed by atoms with Gasteiger partial charge in [-0.25, -0.2) is 0 Å². The van der Waals surface area contributed by atoms with Crippen LogP contribution in [-0.4, -0.2) is 56.2 Å². The van der Waals surface area contributed by atoms with E-state index in [-0.39, 0.29) is 78.1 Å². The molecule has 0 aliphatic heterocycles. The summed E-state index contributed by atoms with van der Waals surface area (Å²) in [5.74, 6) is -8.92. The normalized spacial score (nSPS) is 12.7. The number of unbranched alkanes of at least 4 members (excludes halogenated alkanes) is 8. The Morgan fingerprint density at radius 2 is 0.280 bits per heavy atom. The summed E-state index contributed by atoms with van der Waals surface area (Å²) in [6.45, 7) is 31.5. The van der Waals surface area contributed by atoms with Crippen LogP contribution in [0.4, 0.5) is 0 Å². The predicted molar refractivity (Wildman–Crippen MR) is 312 cm³/mol. The molecule has 0 aliphatic carbocycles. The Morgan fingerprint density at radius 3 is 0.317 bits per heavy atom. The maximum Gasteiger partial charge on any atom is 5.00 e. The minimum absolute atomic E-state index is 0. The average molecular weight is 1250 g/mol. The van der Waals surface area contributed by atoms with Crippen LogP contribution in [0.15, 0.2) is 0 Å². The van der Waals surface area contributed by atoms with Crippen LogP contribution in [0, 0.1) is 47.3 Å². The monoisotopic (exact) mass is 1250 g/mol. The largest absolute Gasteiger partial charge is 5.00 e. The van der Waals surface area contributed by atoms with Crippen LogP contribution in [0.5, 0.6) is 0 Å². The van der Waals surface area contributed by atoms with E-state index in [9.17, 15) is 79.2 Å². The SMILES string of the molecule is CCCCC(CC)C(=O)[O-].CCCCC(CC)C(=O)[O-].CCCCC(CC)C(=O)[O-].CCCCC(CC)C(=O)[O-].CCCCC(CC)C(=O)[O-].CCCCC(CC)C(=O)[O-].CCCCC(CC)C(=O)[O-].CCCCC(CC)C(=O)[O-].[B+3].[Nb+5]. The summed E-state index contributed by atoms with van der Waals surface area (Å²) in [5, 5.41) is 82.6. The molecular formula is C64H120BNbO16. The molecule has 16 nitrogen and oxygen atoms in total. The number of carbonyl (C=O) groups is 8. The third-order valence-corrected chi connectivity index (χ3v) is 13.9. The van der Waals surface area contributed by atoms with Crippen LogP contribution < -0.4 is 40.9 Å². The molecule has 0 rings (SSSR count). The van der Waals surface area contributed by atoms with Crippen molar-refractivity contribution in [1.29, 1.82) is 0 Å². The average Bonchev–Trinajstić information content (AvgIpc) is 3.41. The Balaban J connectivity index is -0.0000000900. The van der Waals surface area contributed by atoms with Crippen molar-refractivity contribution in [3.05, 3.63) is 0 Å². The van der Waals surface area contributed by atoms with Gasteiger partial charge in [0.15, 0.2) is 0 Å². The van der Waals surface area contributed by atoms with Gasteiger partial charge in [-0.1, -0.05) is 214 Å². The molecule has 0 bridgehead atoms. The van der Waals surface area contributed by atoms with Gasteiger partial charge in [0.25, 0.3) is 0 Å². The number of carboxylic acid groups (broad SMARTS) is 8. The molecule has 0 radical (unpaired) electrons. The fourth-order valence-corrected chi connectivity index (χ4v) is 7.51. The van der Waals surface area contributed by atoms with Crippen molar-refractivity contribution in [2.45, 2.75) is 316 Å². The number of hydrogen-bond donors (Lipinski definition) is 0. The molecule has 82 heavy (non-hydrogen) atoms. The summed E-state index contributed by atoms with van der Waals surface area (Å²) in [6.07, 6.45) is 28.2. The van der Waals surface area contributed by atoms with Crippen LogP contribution in [0.1, 0.15) is 316 Å².